The topological polar surface area (TPSA) is 27.7 Å². The molecule has 1 aliphatic rings. The van der Waals surface area contributed by atoms with Gasteiger partial charge in [-0.1, -0.05) is 0 Å². The van der Waals surface area contributed by atoms with Crippen molar-refractivity contribution in [3.8, 4) is 0 Å². The van der Waals surface area contributed by atoms with Gasteiger partial charge in [-0.05, 0) is 39.5 Å². The van der Waals surface area contributed by atoms with E-state index in [4.69, 9.17) is 13.3 Å². The monoisotopic (exact) mass is 218 g/mol. The number of rotatable bonds is 7. The van der Waals surface area contributed by atoms with E-state index in [0.29, 0.717) is 19.3 Å². The third-order valence-electron chi connectivity index (χ3n) is 2.50. The molecule has 1 saturated carbocycles. The van der Waals surface area contributed by atoms with Gasteiger partial charge >= 0.3 is 8.80 Å². The van der Waals surface area contributed by atoms with Gasteiger partial charge in [-0.25, -0.2) is 0 Å². The molecular formula is C10H22O3Si. The molecular weight excluding hydrogens is 196 g/mol. The molecule has 0 N–H and O–H groups in total. The van der Waals surface area contributed by atoms with Crippen molar-refractivity contribution in [1.29, 1.82) is 0 Å². The van der Waals surface area contributed by atoms with Crippen LogP contribution in [0.1, 0.15) is 33.6 Å². The molecule has 1 aliphatic carbocycles. The Labute approximate surface area is 88.1 Å². The first-order valence-corrected chi connectivity index (χ1v) is 7.79. The Balaban J connectivity index is 2.39. The van der Waals surface area contributed by atoms with Crippen LogP contribution in [0.3, 0.4) is 0 Å². The molecule has 0 heterocycles. The standard InChI is InChI=1S/C10H22O3Si/c1-5-11-14(4,12-6-2)13-9(3)10-7-8-10/h9-10H,5-8H2,1-4H3. The highest BCUT2D eigenvalue weighted by Crippen LogP contribution is 2.35. The van der Waals surface area contributed by atoms with E-state index in [9.17, 15) is 0 Å². The molecule has 0 aliphatic heterocycles. The van der Waals surface area contributed by atoms with Gasteiger partial charge in [0.15, 0.2) is 0 Å². The van der Waals surface area contributed by atoms with Crippen LogP contribution in [-0.4, -0.2) is 28.1 Å². The molecule has 4 heteroatoms. The second-order valence-corrected chi connectivity index (χ2v) is 6.43. The molecule has 84 valence electrons. The molecule has 1 atom stereocenters. The first kappa shape index (κ1) is 12.2. The normalized spacial score (nSPS) is 19.7. The minimum Gasteiger partial charge on any atom is -0.374 e. The Bertz CT molecular complexity index is 165. The quantitative estimate of drug-likeness (QED) is 0.614. The molecule has 1 unspecified atom stereocenters. The molecule has 1 fully saturated rings. The summed E-state index contributed by atoms with van der Waals surface area (Å²) in [6.45, 7) is 9.41. The summed E-state index contributed by atoms with van der Waals surface area (Å²) >= 11 is 0. The lowest BCUT2D eigenvalue weighted by atomic mass is 10.3. The highest BCUT2D eigenvalue weighted by molar-refractivity contribution is 6.59. The zero-order valence-electron chi connectivity index (χ0n) is 9.71. The second-order valence-electron chi connectivity index (χ2n) is 3.89. The van der Waals surface area contributed by atoms with E-state index >= 15 is 0 Å². The molecule has 1 rings (SSSR count). The third kappa shape index (κ3) is 3.69. The molecule has 0 spiro atoms. The van der Waals surface area contributed by atoms with Crippen LogP contribution in [0.15, 0.2) is 0 Å². The fourth-order valence-corrected chi connectivity index (χ4v) is 3.77. The Kier molecular flexibility index (Phi) is 4.57. The molecule has 0 radical (unpaired) electrons. The predicted molar refractivity (Wildman–Crippen MR) is 58.1 cm³/mol. The minimum atomic E-state index is -2.34. The summed E-state index contributed by atoms with van der Waals surface area (Å²) in [7, 11) is -2.34. The van der Waals surface area contributed by atoms with Crippen molar-refractivity contribution in [3.63, 3.8) is 0 Å². The first-order chi connectivity index (χ1) is 6.61. The highest BCUT2D eigenvalue weighted by Gasteiger charge is 2.40. The lowest BCUT2D eigenvalue weighted by Crippen LogP contribution is -2.45. The van der Waals surface area contributed by atoms with Gasteiger partial charge < -0.3 is 13.3 Å². The van der Waals surface area contributed by atoms with Gasteiger partial charge in [0.2, 0.25) is 0 Å². The van der Waals surface area contributed by atoms with E-state index in [0.717, 1.165) is 5.92 Å². The van der Waals surface area contributed by atoms with Gasteiger partial charge in [-0.15, -0.1) is 0 Å². The number of hydrogen-bond acceptors (Lipinski definition) is 3. The van der Waals surface area contributed by atoms with Gasteiger partial charge in [0.05, 0.1) is 0 Å². The SMILES string of the molecule is CCO[Si](C)(OCC)OC(C)C1CC1. The lowest BCUT2D eigenvalue weighted by Gasteiger charge is -2.28. The molecule has 0 saturated heterocycles. The fourth-order valence-electron chi connectivity index (χ4n) is 1.63. The first-order valence-electron chi connectivity index (χ1n) is 5.57. The van der Waals surface area contributed by atoms with Gasteiger partial charge in [-0.2, -0.15) is 0 Å². The molecule has 0 aromatic carbocycles. The van der Waals surface area contributed by atoms with Crippen molar-refractivity contribution in [2.24, 2.45) is 5.92 Å². The van der Waals surface area contributed by atoms with Crippen LogP contribution < -0.4 is 0 Å². The molecule has 0 aromatic heterocycles. The van der Waals surface area contributed by atoms with E-state index < -0.39 is 8.80 Å². The minimum absolute atomic E-state index is 0.296. The second kappa shape index (κ2) is 5.26. The molecule has 0 amide bonds. The molecule has 0 bridgehead atoms. The average Bonchev–Trinajstić information content (AvgIpc) is 2.85. The van der Waals surface area contributed by atoms with E-state index in [2.05, 4.69) is 6.92 Å². The van der Waals surface area contributed by atoms with Crippen LogP contribution in [0.2, 0.25) is 6.55 Å². The zero-order chi connectivity index (χ0) is 10.6. The van der Waals surface area contributed by atoms with Crippen molar-refractivity contribution in [2.75, 3.05) is 13.2 Å². The molecule has 14 heavy (non-hydrogen) atoms. The lowest BCUT2D eigenvalue weighted by molar-refractivity contribution is 0.0368. The van der Waals surface area contributed by atoms with Crippen LogP contribution in [0.4, 0.5) is 0 Å². The molecule has 3 nitrogen and oxygen atoms in total. The maximum Gasteiger partial charge on any atom is 0.497 e. The summed E-state index contributed by atoms with van der Waals surface area (Å²) < 4.78 is 17.2. The summed E-state index contributed by atoms with van der Waals surface area (Å²) in [6, 6.07) is 0. The predicted octanol–water partition coefficient (Wildman–Crippen LogP) is 2.44. The van der Waals surface area contributed by atoms with Gasteiger partial charge in [0, 0.05) is 25.9 Å². The summed E-state index contributed by atoms with van der Waals surface area (Å²) in [6.07, 6.45) is 2.89. The Morgan fingerprint density at radius 3 is 2.07 bits per heavy atom. The Morgan fingerprint density at radius 2 is 1.71 bits per heavy atom. The van der Waals surface area contributed by atoms with Crippen molar-refractivity contribution in [1.82, 2.24) is 0 Å². The summed E-state index contributed by atoms with van der Waals surface area (Å²) in [5.41, 5.74) is 0. The van der Waals surface area contributed by atoms with Crippen LogP contribution in [0, 0.1) is 5.92 Å². The Hall–Kier alpha value is 0.0969. The zero-order valence-corrected chi connectivity index (χ0v) is 10.7. The largest absolute Gasteiger partial charge is 0.497 e. The maximum atomic E-state index is 5.94. The molecule has 0 aromatic rings. The maximum absolute atomic E-state index is 5.94. The summed E-state index contributed by atoms with van der Waals surface area (Å²) in [5.74, 6) is 0.739. The van der Waals surface area contributed by atoms with Crippen molar-refractivity contribution in [3.05, 3.63) is 0 Å². The van der Waals surface area contributed by atoms with E-state index in [1.54, 1.807) is 0 Å². The Morgan fingerprint density at radius 1 is 1.21 bits per heavy atom. The highest BCUT2D eigenvalue weighted by atomic mass is 28.4. The van der Waals surface area contributed by atoms with E-state index in [-0.39, 0.29) is 0 Å². The van der Waals surface area contributed by atoms with Gasteiger partial charge in [0.1, 0.15) is 0 Å². The van der Waals surface area contributed by atoms with E-state index in [1.807, 2.05) is 20.4 Å². The van der Waals surface area contributed by atoms with Crippen LogP contribution in [0.5, 0.6) is 0 Å². The smallest absolute Gasteiger partial charge is 0.374 e. The van der Waals surface area contributed by atoms with Crippen LogP contribution in [-0.2, 0) is 13.3 Å². The van der Waals surface area contributed by atoms with Gasteiger partial charge in [0.25, 0.3) is 0 Å². The van der Waals surface area contributed by atoms with Gasteiger partial charge in [-0.3, -0.25) is 0 Å². The summed E-state index contributed by atoms with van der Waals surface area (Å²) in [5, 5.41) is 0. The van der Waals surface area contributed by atoms with Crippen molar-refractivity contribution in [2.45, 2.75) is 46.3 Å². The van der Waals surface area contributed by atoms with E-state index in [1.165, 1.54) is 12.8 Å². The van der Waals surface area contributed by atoms with Crippen LogP contribution in [0.25, 0.3) is 0 Å². The third-order valence-corrected chi connectivity index (χ3v) is 4.92. The van der Waals surface area contributed by atoms with Crippen molar-refractivity contribution < 1.29 is 13.3 Å². The number of hydrogen-bond donors (Lipinski definition) is 0. The van der Waals surface area contributed by atoms with Crippen LogP contribution >= 0.6 is 0 Å². The van der Waals surface area contributed by atoms with Crippen molar-refractivity contribution >= 4 is 8.80 Å². The average molecular weight is 218 g/mol. The fraction of sp³-hybridized carbons (Fsp3) is 1.00. The summed E-state index contributed by atoms with van der Waals surface area (Å²) in [4.78, 5) is 0.